The normalized spacial score (nSPS) is 17.3. The summed E-state index contributed by atoms with van der Waals surface area (Å²) in [6, 6.07) is 6.73. The first kappa shape index (κ1) is 22.4. The maximum Gasteiger partial charge on any atom is 0.407 e. The van der Waals surface area contributed by atoms with E-state index in [4.69, 9.17) is 21.4 Å². The third-order valence-corrected chi connectivity index (χ3v) is 6.84. The number of hydrogen-bond acceptors (Lipinski definition) is 6. The summed E-state index contributed by atoms with van der Waals surface area (Å²) < 4.78 is 11.2. The molecule has 2 heterocycles. The minimum Gasteiger partial charge on any atom is -0.497 e. The number of fused-ring (bicyclic) bond motifs is 1. The SMILES string of the molecule is COc1ccc2c(CSC(=S)N3CCN(C(=O)O)C(C(C)(C)C)C3)cc(=O)oc2c1. The molecule has 0 radical (unpaired) electrons. The van der Waals surface area contributed by atoms with Crippen LogP contribution in [0.4, 0.5) is 4.79 Å². The molecule has 1 atom stereocenters. The number of thiocarbonyl (C=S) groups is 1. The van der Waals surface area contributed by atoms with Crippen molar-refractivity contribution in [2.75, 3.05) is 26.7 Å². The van der Waals surface area contributed by atoms with E-state index in [9.17, 15) is 14.7 Å². The largest absolute Gasteiger partial charge is 0.497 e. The first-order chi connectivity index (χ1) is 14.1. The molecule has 30 heavy (non-hydrogen) atoms. The summed E-state index contributed by atoms with van der Waals surface area (Å²) in [5, 5.41) is 10.4. The van der Waals surface area contributed by atoms with Gasteiger partial charge in [0, 0.05) is 42.9 Å². The van der Waals surface area contributed by atoms with Crippen molar-refractivity contribution in [2.45, 2.75) is 32.6 Å². The molecule has 162 valence electrons. The molecule has 1 N–H and O–H groups in total. The number of piperazine rings is 1. The third kappa shape index (κ3) is 4.89. The van der Waals surface area contributed by atoms with Gasteiger partial charge in [-0.2, -0.15) is 0 Å². The quantitative estimate of drug-likeness (QED) is 0.554. The summed E-state index contributed by atoms with van der Waals surface area (Å²) in [4.78, 5) is 27.2. The van der Waals surface area contributed by atoms with Crippen LogP contribution in [0.25, 0.3) is 11.0 Å². The van der Waals surface area contributed by atoms with Crippen molar-refractivity contribution in [3.8, 4) is 5.75 Å². The average molecular weight is 451 g/mol. The molecule has 0 saturated carbocycles. The Morgan fingerprint density at radius 3 is 2.70 bits per heavy atom. The van der Waals surface area contributed by atoms with Crippen LogP contribution in [0.5, 0.6) is 5.75 Å². The second-order valence-corrected chi connectivity index (χ2v) is 9.92. The second-order valence-electron chi connectivity index (χ2n) is 8.31. The summed E-state index contributed by atoms with van der Waals surface area (Å²) in [7, 11) is 1.56. The van der Waals surface area contributed by atoms with Crippen molar-refractivity contribution in [2.24, 2.45) is 5.41 Å². The Morgan fingerprint density at radius 1 is 1.33 bits per heavy atom. The Kier molecular flexibility index (Phi) is 6.62. The van der Waals surface area contributed by atoms with Crippen LogP contribution in [0.3, 0.4) is 0 Å². The molecule has 1 aromatic carbocycles. The van der Waals surface area contributed by atoms with E-state index in [2.05, 4.69) is 4.90 Å². The van der Waals surface area contributed by atoms with Crippen molar-refractivity contribution < 1.29 is 19.1 Å². The highest BCUT2D eigenvalue weighted by Gasteiger charge is 2.38. The average Bonchev–Trinajstić information content (AvgIpc) is 2.69. The summed E-state index contributed by atoms with van der Waals surface area (Å²) in [5.74, 6) is 1.14. The Morgan fingerprint density at radius 2 is 2.07 bits per heavy atom. The molecule has 1 saturated heterocycles. The molecule has 1 aliphatic heterocycles. The van der Waals surface area contributed by atoms with Crippen molar-refractivity contribution in [3.63, 3.8) is 0 Å². The second kappa shape index (κ2) is 8.85. The van der Waals surface area contributed by atoms with Gasteiger partial charge in [-0.3, -0.25) is 0 Å². The third-order valence-electron chi connectivity index (χ3n) is 5.27. The molecule has 0 spiro atoms. The van der Waals surface area contributed by atoms with Gasteiger partial charge in [0.05, 0.1) is 13.2 Å². The monoisotopic (exact) mass is 450 g/mol. The number of carbonyl (C=O) groups is 1. The molecular formula is C21H26N2O5S2. The lowest BCUT2D eigenvalue weighted by molar-refractivity contribution is 0.0439. The van der Waals surface area contributed by atoms with Gasteiger partial charge >= 0.3 is 11.7 Å². The van der Waals surface area contributed by atoms with E-state index < -0.39 is 11.7 Å². The Balaban J connectivity index is 1.74. The fourth-order valence-electron chi connectivity index (χ4n) is 3.61. The maximum absolute atomic E-state index is 12.0. The van der Waals surface area contributed by atoms with Crippen LogP contribution < -0.4 is 10.4 Å². The number of ether oxygens (including phenoxy) is 1. The molecule has 3 rings (SSSR count). The number of amides is 1. The number of rotatable bonds is 3. The smallest absolute Gasteiger partial charge is 0.407 e. The van der Waals surface area contributed by atoms with E-state index in [1.807, 2.05) is 32.9 Å². The summed E-state index contributed by atoms with van der Waals surface area (Å²) in [5.41, 5.74) is 0.699. The van der Waals surface area contributed by atoms with E-state index in [-0.39, 0.29) is 11.5 Å². The molecule has 1 fully saturated rings. The molecule has 7 nitrogen and oxygen atoms in total. The Bertz CT molecular complexity index is 1010. The number of thioether (sulfide) groups is 1. The van der Waals surface area contributed by atoms with Crippen LogP contribution in [0.1, 0.15) is 26.3 Å². The van der Waals surface area contributed by atoms with Crippen LogP contribution in [0.15, 0.2) is 33.5 Å². The van der Waals surface area contributed by atoms with Crippen LogP contribution in [0, 0.1) is 5.41 Å². The van der Waals surface area contributed by atoms with Crippen molar-refractivity contribution in [3.05, 3.63) is 40.2 Å². The van der Waals surface area contributed by atoms with Crippen LogP contribution in [-0.2, 0) is 5.75 Å². The molecule has 2 aromatic rings. The molecule has 1 amide bonds. The first-order valence-electron chi connectivity index (χ1n) is 9.62. The fourth-order valence-corrected chi connectivity index (χ4v) is 4.82. The predicted molar refractivity (Wildman–Crippen MR) is 122 cm³/mol. The van der Waals surface area contributed by atoms with Crippen LogP contribution in [-0.4, -0.2) is 58.1 Å². The molecular weight excluding hydrogens is 424 g/mol. The molecule has 1 aliphatic rings. The fraction of sp³-hybridized carbons (Fsp3) is 0.476. The van der Waals surface area contributed by atoms with Gasteiger partial charge in [-0.1, -0.05) is 44.8 Å². The van der Waals surface area contributed by atoms with Gasteiger partial charge in [-0.05, 0) is 23.1 Å². The minimum absolute atomic E-state index is 0.153. The molecule has 0 aliphatic carbocycles. The lowest BCUT2D eigenvalue weighted by atomic mass is 9.84. The number of benzene rings is 1. The molecule has 9 heteroatoms. The van der Waals surface area contributed by atoms with Gasteiger partial charge in [0.25, 0.3) is 0 Å². The van der Waals surface area contributed by atoms with E-state index in [1.165, 1.54) is 22.7 Å². The van der Waals surface area contributed by atoms with E-state index in [0.29, 0.717) is 41.0 Å². The predicted octanol–water partition coefficient (Wildman–Crippen LogP) is 4.03. The highest BCUT2D eigenvalue weighted by atomic mass is 32.2. The zero-order chi connectivity index (χ0) is 22.1. The number of nitrogens with zero attached hydrogens (tertiary/aromatic N) is 2. The van der Waals surface area contributed by atoms with Crippen molar-refractivity contribution in [1.82, 2.24) is 9.80 Å². The van der Waals surface area contributed by atoms with Gasteiger partial charge in [0.1, 0.15) is 15.7 Å². The minimum atomic E-state index is -0.897. The van der Waals surface area contributed by atoms with Gasteiger partial charge in [-0.15, -0.1) is 0 Å². The van der Waals surface area contributed by atoms with Gasteiger partial charge in [-0.25, -0.2) is 9.59 Å². The van der Waals surface area contributed by atoms with Gasteiger partial charge < -0.3 is 24.1 Å². The summed E-state index contributed by atoms with van der Waals surface area (Å²) in [6.07, 6.45) is -0.897. The lowest BCUT2D eigenvalue weighted by Crippen LogP contribution is -2.59. The topological polar surface area (TPSA) is 83.2 Å². The number of methoxy groups -OCH3 is 1. The number of carboxylic acid groups (broad SMARTS) is 1. The first-order valence-corrected chi connectivity index (χ1v) is 11.0. The van der Waals surface area contributed by atoms with Gasteiger partial charge in [0.2, 0.25) is 0 Å². The standard InChI is InChI=1S/C21H26N2O5S2/c1-21(2,3)17-11-22(7-8-23(17)19(25)26)20(29)30-12-13-9-18(24)28-16-10-14(27-4)5-6-15(13)16/h5-6,9-10,17H,7-8,11-12H2,1-4H3,(H,25,26). The van der Waals surface area contributed by atoms with Crippen molar-refractivity contribution >= 4 is 45.4 Å². The van der Waals surface area contributed by atoms with E-state index >= 15 is 0 Å². The van der Waals surface area contributed by atoms with Crippen molar-refractivity contribution in [1.29, 1.82) is 0 Å². The molecule has 1 aromatic heterocycles. The number of hydrogen-bond donors (Lipinski definition) is 1. The van der Waals surface area contributed by atoms with Gasteiger partial charge in [0.15, 0.2) is 0 Å². The maximum atomic E-state index is 12.0. The summed E-state index contributed by atoms with van der Waals surface area (Å²) >= 11 is 7.12. The highest BCUT2D eigenvalue weighted by molar-refractivity contribution is 8.22. The highest BCUT2D eigenvalue weighted by Crippen LogP contribution is 2.30. The molecule has 1 unspecified atom stereocenters. The zero-order valence-electron chi connectivity index (χ0n) is 17.5. The zero-order valence-corrected chi connectivity index (χ0v) is 19.1. The molecule has 0 bridgehead atoms. The lowest BCUT2D eigenvalue weighted by Gasteiger charge is -2.46. The van der Waals surface area contributed by atoms with E-state index in [1.54, 1.807) is 13.2 Å². The Labute approximate surface area is 185 Å². The van der Waals surface area contributed by atoms with E-state index in [0.717, 1.165) is 10.9 Å². The van der Waals surface area contributed by atoms with Crippen LogP contribution >= 0.6 is 24.0 Å². The summed E-state index contributed by atoms with van der Waals surface area (Å²) in [6.45, 7) is 7.64. The Hall–Kier alpha value is -2.26. The van der Waals surface area contributed by atoms with Crippen LogP contribution in [0.2, 0.25) is 0 Å².